The Labute approximate surface area is 103 Å². The van der Waals surface area contributed by atoms with E-state index in [1.165, 1.54) is 11.4 Å². The standard InChI is InChI=1S/C9H21ClN2O3S/c1-4-12(5-2)16(13,14)11-9(6-7-10)8-15-3/h9,11H,4-8H2,1-3H3. The number of alkyl halides is 1. The molecular formula is C9H21ClN2O3S. The maximum Gasteiger partial charge on any atom is 0.279 e. The summed E-state index contributed by atoms with van der Waals surface area (Å²) in [6.45, 7) is 4.83. The van der Waals surface area contributed by atoms with E-state index in [4.69, 9.17) is 16.3 Å². The molecule has 0 rings (SSSR count). The normalized spacial score (nSPS) is 14.3. The van der Waals surface area contributed by atoms with Crippen LogP contribution in [0.3, 0.4) is 0 Å². The Hall–Kier alpha value is 0.120. The number of nitrogens with zero attached hydrogens (tertiary/aromatic N) is 1. The minimum atomic E-state index is -3.42. The van der Waals surface area contributed by atoms with Gasteiger partial charge in [0.15, 0.2) is 0 Å². The molecule has 0 aromatic rings. The van der Waals surface area contributed by atoms with Gasteiger partial charge in [0.25, 0.3) is 10.2 Å². The molecule has 0 aromatic heterocycles. The van der Waals surface area contributed by atoms with E-state index < -0.39 is 10.2 Å². The number of halogens is 1. The molecule has 1 atom stereocenters. The van der Waals surface area contributed by atoms with E-state index in [1.54, 1.807) is 13.8 Å². The zero-order chi connectivity index (χ0) is 12.6. The van der Waals surface area contributed by atoms with Gasteiger partial charge in [0.2, 0.25) is 0 Å². The summed E-state index contributed by atoms with van der Waals surface area (Å²) in [6, 6.07) is -0.270. The monoisotopic (exact) mass is 272 g/mol. The van der Waals surface area contributed by atoms with Crippen molar-refractivity contribution in [2.75, 3.05) is 32.7 Å². The predicted octanol–water partition coefficient (Wildman–Crippen LogP) is 0.806. The Kier molecular flexibility index (Phi) is 8.31. The van der Waals surface area contributed by atoms with E-state index >= 15 is 0 Å². The molecule has 1 N–H and O–H groups in total. The largest absolute Gasteiger partial charge is 0.383 e. The van der Waals surface area contributed by atoms with Crippen LogP contribution < -0.4 is 4.72 Å². The van der Waals surface area contributed by atoms with Gasteiger partial charge in [-0.3, -0.25) is 0 Å². The molecule has 0 aliphatic heterocycles. The Bertz CT molecular complexity index is 262. The Morgan fingerprint density at radius 2 is 1.94 bits per heavy atom. The van der Waals surface area contributed by atoms with Crippen molar-refractivity contribution < 1.29 is 13.2 Å². The van der Waals surface area contributed by atoms with Crippen molar-refractivity contribution in [1.29, 1.82) is 0 Å². The summed E-state index contributed by atoms with van der Waals surface area (Å²) in [6.07, 6.45) is 0.551. The molecule has 0 spiro atoms. The molecule has 0 aliphatic carbocycles. The summed E-state index contributed by atoms with van der Waals surface area (Å²) in [5, 5.41) is 0. The van der Waals surface area contributed by atoms with Gasteiger partial charge in [-0.05, 0) is 6.42 Å². The van der Waals surface area contributed by atoms with Crippen LogP contribution in [0.4, 0.5) is 0 Å². The van der Waals surface area contributed by atoms with Crippen molar-refractivity contribution in [2.24, 2.45) is 0 Å². The number of rotatable bonds is 9. The van der Waals surface area contributed by atoms with Gasteiger partial charge >= 0.3 is 0 Å². The second-order valence-electron chi connectivity index (χ2n) is 3.34. The number of hydrogen-bond acceptors (Lipinski definition) is 3. The van der Waals surface area contributed by atoms with Gasteiger partial charge in [0.05, 0.1) is 6.61 Å². The van der Waals surface area contributed by atoms with Crippen molar-refractivity contribution in [1.82, 2.24) is 9.03 Å². The highest BCUT2D eigenvalue weighted by molar-refractivity contribution is 7.87. The fourth-order valence-electron chi connectivity index (χ4n) is 1.36. The van der Waals surface area contributed by atoms with Crippen LogP contribution in [0, 0.1) is 0 Å². The highest BCUT2D eigenvalue weighted by atomic mass is 35.5. The zero-order valence-corrected chi connectivity index (χ0v) is 11.6. The molecule has 5 nitrogen and oxygen atoms in total. The van der Waals surface area contributed by atoms with Crippen LogP contribution in [0.25, 0.3) is 0 Å². The van der Waals surface area contributed by atoms with Crippen molar-refractivity contribution >= 4 is 21.8 Å². The number of hydrogen-bond donors (Lipinski definition) is 1. The van der Waals surface area contributed by atoms with E-state index in [9.17, 15) is 8.42 Å². The lowest BCUT2D eigenvalue weighted by molar-refractivity contribution is 0.172. The lowest BCUT2D eigenvalue weighted by Crippen LogP contribution is -2.46. The van der Waals surface area contributed by atoms with Gasteiger partial charge in [-0.25, -0.2) is 0 Å². The van der Waals surface area contributed by atoms with Crippen molar-refractivity contribution in [2.45, 2.75) is 26.3 Å². The second kappa shape index (κ2) is 8.25. The third kappa shape index (κ3) is 5.45. The van der Waals surface area contributed by atoms with Crippen molar-refractivity contribution in [3.05, 3.63) is 0 Å². The van der Waals surface area contributed by atoms with Crippen LogP contribution >= 0.6 is 11.6 Å². The summed E-state index contributed by atoms with van der Waals surface area (Å²) in [4.78, 5) is 0. The van der Waals surface area contributed by atoms with Crippen LogP contribution in [0.15, 0.2) is 0 Å². The van der Waals surface area contributed by atoms with Crippen molar-refractivity contribution in [3.63, 3.8) is 0 Å². The molecule has 7 heteroatoms. The van der Waals surface area contributed by atoms with Crippen LogP contribution in [0.2, 0.25) is 0 Å². The first-order chi connectivity index (χ1) is 7.51. The third-order valence-corrected chi connectivity index (χ3v) is 4.23. The molecule has 0 heterocycles. The quantitative estimate of drug-likeness (QED) is 0.632. The first-order valence-electron chi connectivity index (χ1n) is 5.34. The van der Waals surface area contributed by atoms with Gasteiger partial charge in [0.1, 0.15) is 0 Å². The molecule has 0 aromatic carbocycles. The van der Waals surface area contributed by atoms with Crippen LogP contribution in [0.1, 0.15) is 20.3 Å². The fourth-order valence-corrected chi connectivity index (χ4v) is 3.06. The zero-order valence-electron chi connectivity index (χ0n) is 10.1. The van der Waals surface area contributed by atoms with Gasteiger partial charge in [-0.1, -0.05) is 13.8 Å². The van der Waals surface area contributed by atoms with Crippen LogP contribution in [-0.4, -0.2) is 51.5 Å². The Morgan fingerprint density at radius 3 is 2.31 bits per heavy atom. The molecule has 16 heavy (non-hydrogen) atoms. The Balaban J connectivity index is 4.51. The molecule has 0 amide bonds. The summed E-state index contributed by atoms with van der Waals surface area (Å²) in [5.74, 6) is 0.398. The summed E-state index contributed by atoms with van der Waals surface area (Å²) in [7, 11) is -1.89. The molecule has 98 valence electrons. The maximum atomic E-state index is 11.9. The van der Waals surface area contributed by atoms with Crippen LogP contribution in [-0.2, 0) is 14.9 Å². The van der Waals surface area contributed by atoms with Gasteiger partial charge in [-0.2, -0.15) is 17.4 Å². The number of ether oxygens (including phenoxy) is 1. The molecule has 0 bridgehead atoms. The molecule has 0 saturated carbocycles. The third-order valence-electron chi connectivity index (χ3n) is 2.19. The van der Waals surface area contributed by atoms with Crippen LogP contribution in [0.5, 0.6) is 0 Å². The molecule has 0 saturated heterocycles. The Morgan fingerprint density at radius 1 is 1.38 bits per heavy atom. The summed E-state index contributed by atoms with van der Waals surface area (Å²) >= 11 is 5.60. The first kappa shape index (κ1) is 16.1. The lowest BCUT2D eigenvalue weighted by Gasteiger charge is -2.23. The average Bonchev–Trinajstić information content (AvgIpc) is 2.19. The molecule has 0 aliphatic rings. The number of methoxy groups -OCH3 is 1. The van der Waals surface area contributed by atoms with Crippen molar-refractivity contribution in [3.8, 4) is 0 Å². The maximum absolute atomic E-state index is 11.9. The minimum absolute atomic E-state index is 0.270. The van der Waals surface area contributed by atoms with E-state index in [0.29, 0.717) is 32.0 Å². The molecular weight excluding hydrogens is 252 g/mol. The summed E-state index contributed by atoms with van der Waals surface area (Å²) in [5.41, 5.74) is 0. The SMILES string of the molecule is CCN(CC)S(=O)(=O)NC(CCCl)COC. The second-order valence-corrected chi connectivity index (χ2v) is 5.42. The van der Waals surface area contributed by atoms with Gasteiger partial charge < -0.3 is 4.74 Å². The van der Waals surface area contributed by atoms with E-state index in [1.807, 2.05) is 0 Å². The fraction of sp³-hybridized carbons (Fsp3) is 1.00. The van der Waals surface area contributed by atoms with E-state index in [-0.39, 0.29) is 6.04 Å². The highest BCUT2D eigenvalue weighted by Crippen LogP contribution is 2.02. The predicted molar refractivity (Wildman–Crippen MR) is 66.0 cm³/mol. The van der Waals surface area contributed by atoms with Gasteiger partial charge in [0, 0.05) is 32.1 Å². The first-order valence-corrected chi connectivity index (χ1v) is 7.31. The lowest BCUT2D eigenvalue weighted by atomic mass is 10.3. The molecule has 0 radical (unpaired) electrons. The smallest absolute Gasteiger partial charge is 0.279 e. The number of nitrogens with one attached hydrogen (secondary N) is 1. The molecule has 0 fully saturated rings. The average molecular weight is 273 g/mol. The molecule has 1 unspecified atom stereocenters. The highest BCUT2D eigenvalue weighted by Gasteiger charge is 2.22. The van der Waals surface area contributed by atoms with Gasteiger partial charge in [-0.15, -0.1) is 11.6 Å². The van der Waals surface area contributed by atoms with E-state index in [2.05, 4.69) is 4.72 Å². The minimum Gasteiger partial charge on any atom is -0.383 e. The topological polar surface area (TPSA) is 58.6 Å². The summed E-state index contributed by atoms with van der Waals surface area (Å²) < 4.78 is 32.6. The van der Waals surface area contributed by atoms with E-state index in [0.717, 1.165) is 0 Å².